The molecule has 1 rings (SSSR count). The molecule has 0 unspecified atom stereocenters. The Balaban J connectivity index is 3.03. The maximum absolute atomic E-state index is 11.3. The lowest BCUT2D eigenvalue weighted by Crippen LogP contribution is -2.15. The second-order valence-corrected chi connectivity index (χ2v) is 5.91. The molecule has 0 saturated heterocycles. The Morgan fingerprint density at radius 2 is 1.42 bits per heavy atom. The first-order valence-electron chi connectivity index (χ1n) is 5.34. The van der Waals surface area contributed by atoms with Crippen molar-refractivity contribution in [3.05, 3.63) is 29.8 Å². The molecule has 0 aromatic heterocycles. The molecule has 0 fully saturated rings. The van der Waals surface area contributed by atoms with E-state index in [0.717, 1.165) is 6.26 Å². The molecule has 19 heavy (non-hydrogen) atoms. The number of ether oxygens (including phenoxy) is 2. The molecule has 6 nitrogen and oxygen atoms in total. The smallest absolute Gasteiger partial charge is 0.305 e. The summed E-state index contributed by atoms with van der Waals surface area (Å²) < 4.78 is 32.3. The van der Waals surface area contributed by atoms with Crippen LogP contribution in [0.2, 0.25) is 0 Å². The molecule has 0 N–H and O–H groups in total. The van der Waals surface area contributed by atoms with E-state index in [2.05, 4.69) is 0 Å². The molecule has 1 aromatic rings. The normalized spacial score (nSPS) is 11.2. The van der Waals surface area contributed by atoms with E-state index < -0.39 is 28.1 Å². The van der Waals surface area contributed by atoms with Gasteiger partial charge in [-0.05, 0) is 12.1 Å². The molecule has 0 aliphatic rings. The molecule has 0 aliphatic heterocycles. The van der Waals surface area contributed by atoms with Crippen molar-refractivity contribution in [2.75, 3.05) is 6.26 Å². The van der Waals surface area contributed by atoms with Gasteiger partial charge in [0.1, 0.15) is 0 Å². The van der Waals surface area contributed by atoms with E-state index in [1.54, 1.807) is 0 Å². The summed E-state index contributed by atoms with van der Waals surface area (Å²) in [5.74, 6) is -1.23. The summed E-state index contributed by atoms with van der Waals surface area (Å²) in [5, 5.41) is 0. The van der Waals surface area contributed by atoms with Crippen LogP contribution in [0.4, 0.5) is 0 Å². The van der Waals surface area contributed by atoms with Crippen molar-refractivity contribution in [2.45, 2.75) is 25.0 Å². The fourth-order valence-corrected chi connectivity index (χ4v) is 1.96. The van der Waals surface area contributed by atoms with Gasteiger partial charge in [0.25, 0.3) is 6.29 Å². The van der Waals surface area contributed by atoms with Crippen LogP contribution in [0.25, 0.3) is 0 Å². The van der Waals surface area contributed by atoms with Gasteiger partial charge in [-0.25, -0.2) is 8.42 Å². The van der Waals surface area contributed by atoms with Crippen LogP contribution >= 0.6 is 0 Å². The number of carbonyl (C=O) groups is 2. The van der Waals surface area contributed by atoms with E-state index in [4.69, 9.17) is 9.47 Å². The minimum atomic E-state index is -3.31. The number of carbonyl (C=O) groups excluding carboxylic acids is 2. The SMILES string of the molecule is CC(=O)OC(OC(C)=O)c1ccc(S(C)(=O)=O)cc1. The highest BCUT2D eigenvalue weighted by atomic mass is 32.2. The Hall–Kier alpha value is -1.89. The van der Waals surface area contributed by atoms with Crippen LogP contribution in [-0.4, -0.2) is 26.6 Å². The molecule has 0 spiro atoms. The molecule has 0 aliphatic carbocycles. The third kappa shape index (κ3) is 4.70. The molecule has 0 bridgehead atoms. The predicted octanol–water partition coefficient (Wildman–Crippen LogP) is 1.21. The van der Waals surface area contributed by atoms with Crippen molar-refractivity contribution in [3.63, 3.8) is 0 Å². The first-order valence-corrected chi connectivity index (χ1v) is 7.24. The molecule has 0 heterocycles. The van der Waals surface area contributed by atoms with Crippen molar-refractivity contribution in [3.8, 4) is 0 Å². The summed E-state index contributed by atoms with van der Waals surface area (Å²) in [6.07, 6.45) is -0.0962. The van der Waals surface area contributed by atoms with Gasteiger partial charge < -0.3 is 9.47 Å². The monoisotopic (exact) mass is 286 g/mol. The first-order chi connectivity index (χ1) is 8.70. The van der Waals surface area contributed by atoms with Gasteiger partial charge in [0.15, 0.2) is 9.84 Å². The van der Waals surface area contributed by atoms with Gasteiger partial charge in [-0.2, -0.15) is 0 Å². The molecule has 0 amide bonds. The molecule has 0 atom stereocenters. The molecular weight excluding hydrogens is 272 g/mol. The minimum absolute atomic E-state index is 0.126. The maximum atomic E-state index is 11.3. The highest BCUT2D eigenvalue weighted by Crippen LogP contribution is 2.21. The second-order valence-electron chi connectivity index (χ2n) is 3.89. The van der Waals surface area contributed by atoms with Gasteiger partial charge in [-0.3, -0.25) is 9.59 Å². The molecular formula is C12H14O6S. The van der Waals surface area contributed by atoms with Gasteiger partial charge in [-0.1, -0.05) is 12.1 Å². The minimum Gasteiger partial charge on any atom is -0.421 e. The number of sulfone groups is 1. The fraction of sp³-hybridized carbons (Fsp3) is 0.333. The Labute approximate surface area is 111 Å². The van der Waals surface area contributed by atoms with Gasteiger partial charge >= 0.3 is 11.9 Å². The quantitative estimate of drug-likeness (QED) is 0.611. The summed E-state index contributed by atoms with van der Waals surface area (Å²) in [7, 11) is -3.31. The van der Waals surface area contributed by atoms with Crippen LogP contribution in [0.15, 0.2) is 29.2 Å². The van der Waals surface area contributed by atoms with Crippen LogP contribution in [0.5, 0.6) is 0 Å². The zero-order valence-corrected chi connectivity index (χ0v) is 11.6. The number of esters is 2. The summed E-state index contributed by atoms with van der Waals surface area (Å²) in [5.41, 5.74) is 0.373. The first kappa shape index (κ1) is 15.2. The van der Waals surface area contributed by atoms with E-state index in [9.17, 15) is 18.0 Å². The number of rotatable bonds is 4. The van der Waals surface area contributed by atoms with Crippen molar-refractivity contribution in [1.29, 1.82) is 0 Å². The third-order valence-corrected chi connectivity index (χ3v) is 3.25. The average molecular weight is 286 g/mol. The van der Waals surface area contributed by atoms with E-state index >= 15 is 0 Å². The van der Waals surface area contributed by atoms with Gasteiger partial charge in [0.05, 0.1) is 4.90 Å². The zero-order chi connectivity index (χ0) is 14.6. The van der Waals surface area contributed by atoms with Crippen molar-refractivity contribution in [1.82, 2.24) is 0 Å². The molecule has 0 saturated carbocycles. The van der Waals surface area contributed by atoms with Crippen LogP contribution in [0.1, 0.15) is 25.7 Å². The molecule has 0 radical (unpaired) electrons. The lowest BCUT2D eigenvalue weighted by molar-refractivity contribution is -0.186. The Morgan fingerprint density at radius 3 is 1.74 bits per heavy atom. The average Bonchev–Trinajstić information content (AvgIpc) is 2.26. The number of hydrogen-bond acceptors (Lipinski definition) is 6. The number of benzene rings is 1. The van der Waals surface area contributed by atoms with Crippen LogP contribution in [0, 0.1) is 0 Å². The Morgan fingerprint density at radius 1 is 1.00 bits per heavy atom. The van der Waals surface area contributed by atoms with Crippen molar-refractivity contribution in [2.24, 2.45) is 0 Å². The second kappa shape index (κ2) is 5.83. The highest BCUT2D eigenvalue weighted by Gasteiger charge is 2.18. The van der Waals surface area contributed by atoms with E-state index in [1.807, 2.05) is 0 Å². The van der Waals surface area contributed by atoms with E-state index in [0.29, 0.717) is 5.56 Å². The molecule has 104 valence electrons. The maximum Gasteiger partial charge on any atom is 0.305 e. The third-order valence-electron chi connectivity index (χ3n) is 2.13. The van der Waals surface area contributed by atoms with Gasteiger partial charge in [0.2, 0.25) is 0 Å². The van der Waals surface area contributed by atoms with Crippen LogP contribution in [-0.2, 0) is 28.9 Å². The summed E-state index contributed by atoms with van der Waals surface area (Å²) >= 11 is 0. The summed E-state index contributed by atoms with van der Waals surface area (Å²) in [4.78, 5) is 22.0. The van der Waals surface area contributed by atoms with Crippen LogP contribution < -0.4 is 0 Å². The number of hydrogen-bond donors (Lipinski definition) is 0. The molecule has 1 aromatic carbocycles. The van der Waals surface area contributed by atoms with E-state index in [1.165, 1.54) is 38.1 Å². The van der Waals surface area contributed by atoms with Crippen LogP contribution in [0.3, 0.4) is 0 Å². The Kier molecular flexibility index (Phi) is 4.66. The van der Waals surface area contributed by atoms with Crippen molar-refractivity contribution < 1.29 is 27.5 Å². The summed E-state index contributed by atoms with van der Waals surface area (Å²) in [6, 6.07) is 5.55. The summed E-state index contributed by atoms with van der Waals surface area (Å²) in [6.45, 7) is 2.36. The fourth-order valence-electron chi connectivity index (χ4n) is 1.33. The van der Waals surface area contributed by atoms with Gasteiger partial charge in [0, 0.05) is 25.7 Å². The molecule has 7 heteroatoms. The van der Waals surface area contributed by atoms with E-state index in [-0.39, 0.29) is 4.90 Å². The standard InChI is InChI=1S/C12H14O6S/c1-8(13)17-12(18-9(2)14)10-4-6-11(7-5-10)19(3,15)16/h4-7,12H,1-3H3. The largest absolute Gasteiger partial charge is 0.421 e. The lowest BCUT2D eigenvalue weighted by atomic mass is 10.2. The van der Waals surface area contributed by atoms with Gasteiger partial charge in [-0.15, -0.1) is 0 Å². The van der Waals surface area contributed by atoms with Crippen molar-refractivity contribution >= 4 is 21.8 Å². The predicted molar refractivity (Wildman–Crippen MR) is 65.8 cm³/mol. The topological polar surface area (TPSA) is 86.7 Å². The lowest BCUT2D eigenvalue weighted by Gasteiger charge is -2.16. The highest BCUT2D eigenvalue weighted by molar-refractivity contribution is 7.90. The zero-order valence-electron chi connectivity index (χ0n) is 10.7. The Bertz CT molecular complexity index is 557.